The highest BCUT2D eigenvalue weighted by Crippen LogP contribution is 2.48. The van der Waals surface area contributed by atoms with Crippen LogP contribution in [0.1, 0.15) is 87.6 Å². The van der Waals surface area contributed by atoms with Crippen molar-refractivity contribution in [2.75, 3.05) is 37.3 Å². The summed E-state index contributed by atoms with van der Waals surface area (Å²) in [5, 5.41) is 14.9. The minimum atomic E-state index is -0.643. The van der Waals surface area contributed by atoms with Gasteiger partial charge in [-0.2, -0.15) is 20.2 Å². The van der Waals surface area contributed by atoms with E-state index >= 15 is 0 Å². The molecule has 1 amide bonds. The van der Waals surface area contributed by atoms with Gasteiger partial charge < -0.3 is 24.8 Å². The molecule has 2 aliphatic carbocycles. The first-order valence-corrected chi connectivity index (χ1v) is 17.5. The minimum absolute atomic E-state index is 0.0653. The van der Waals surface area contributed by atoms with Crippen molar-refractivity contribution >= 4 is 28.1 Å². The smallest absolute Gasteiger partial charge is 0.319 e. The third kappa shape index (κ3) is 5.49. The van der Waals surface area contributed by atoms with Crippen molar-refractivity contribution in [3.8, 4) is 35.4 Å². The average molecular weight is 656 g/mol. The summed E-state index contributed by atoms with van der Waals surface area (Å²) in [4.78, 5) is 35.2. The van der Waals surface area contributed by atoms with Crippen molar-refractivity contribution < 1.29 is 14.1 Å². The second kappa shape index (κ2) is 12.4. The van der Waals surface area contributed by atoms with E-state index in [2.05, 4.69) is 53.8 Å². The van der Waals surface area contributed by atoms with Crippen molar-refractivity contribution in [2.45, 2.75) is 102 Å². The fourth-order valence-electron chi connectivity index (χ4n) is 8.27. The number of rotatable bonds is 6. The number of thiophene rings is 1. The maximum absolute atomic E-state index is 12.9. The molecule has 0 bridgehead atoms. The molecule has 3 aromatic heterocycles. The number of likely N-dealkylation sites (tertiary alicyclic amines) is 1. The summed E-state index contributed by atoms with van der Waals surface area (Å²) in [5.74, 6) is 6.88. The maximum atomic E-state index is 12.9. The fraction of sp³-hybridized carbons (Fsp3) is 0.588. The highest BCUT2D eigenvalue weighted by Gasteiger charge is 2.44. The number of nitrogens with two attached hydrogens (primary N) is 1. The summed E-state index contributed by atoms with van der Waals surface area (Å²) in [5.41, 5.74) is 7.53. The lowest BCUT2D eigenvalue weighted by Gasteiger charge is -2.44. The molecule has 5 atom stereocenters. The Kier molecular flexibility index (Phi) is 8.31. The summed E-state index contributed by atoms with van der Waals surface area (Å²) in [7, 11) is 2.13. The second-order valence-corrected chi connectivity index (χ2v) is 14.5. The van der Waals surface area contributed by atoms with E-state index in [1.807, 2.05) is 11.0 Å². The third-order valence-corrected chi connectivity index (χ3v) is 11.7. The number of carbonyl (C=O) groups excluding carboxylic acids is 1. The first-order valence-electron chi connectivity index (χ1n) is 16.6. The standard InChI is InChI=1S/C34H41N9O3S/c1-5-9-28(44)43-17-16-42(24-10-6-11-25(24)43)27-18-22(37-33(38-27)45-20(2)23-12-8-15-41(23)4)31-39-32(46-40-31)34(3)14-7-13-26-29(34)21(19-35)30(36)47-26/h18,20,23-25H,6-8,10-17,36H2,1-4H3/t20-,23-,24?,25?,34-/m0/s1. The molecule has 0 radical (unpaired) electrons. The van der Waals surface area contributed by atoms with Crippen LogP contribution in [0.15, 0.2) is 10.6 Å². The van der Waals surface area contributed by atoms with Crippen molar-refractivity contribution in [2.24, 2.45) is 0 Å². The van der Waals surface area contributed by atoms with Crippen LogP contribution in [0, 0.1) is 23.2 Å². The van der Waals surface area contributed by atoms with Crippen molar-refractivity contribution in [3.05, 3.63) is 28.0 Å². The molecule has 1 saturated carbocycles. The molecule has 2 aliphatic heterocycles. The van der Waals surface area contributed by atoms with E-state index in [-0.39, 0.29) is 36.1 Å². The van der Waals surface area contributed by atoms with Gasteiger partial charge in [-0.05, 0) is 91.7 Å². The van der Waals surface area contributed by atoms with Crippen LogP contribution in [0.3, 0.4) is 0 Å². The zero-order chi connectivity index (χ0) is 32.9. The molecule has 246 valence electrons. The van der Waals surface area contributed by atoms with Gasteiger partial charge in [0, 0.05) is 35.6 Å². The average Bonchev–Trinajstić information content (AvgIpc) is 3.87. The van der Waals surface area contributed by atoms with E-state index < -0.39 is 5.41 Å². The number of aryl methyl sites for hydroxylation is 1. The van der Waals surface area contributed by atoms with E-state index in [1.54, 1.807) is 6.92 Å². The van der Waals surface area contributed by atoms with E-state index in [1.165, 1.54) is 11.3 Å². The molecular weight excluding hydrogens is 615 g/mol. The summed E-state index contributed by atoms with van der Waals surface area (Å²) < 4.78 is 12.5. The van der Waals surface area contributed by atoms with E-state index in [4.69, 9.17) is 29.9 Å². The molecule has 0 aromatic carbocycles. The SMILES string of the molecule is CC#CC(=O)N1CCN(c2cc(-c3noc([C@@]4(C)CCCc5sc(N)c(C#N)c54)n3)nc(O[C@@H](C)[C@@H]3CCCN3C)n2)C2CCCC21. The van der Waals surface area contributed by atoms with Crippen LogP contribution in [-0.2, 0) is 16.6 Å². The molecule has 5 heterocycles. The number of hydrogen-bond donors (Lipinski definition) is 1. The molecule has 3 aromatic rings. The maximum Gasteiger partial charge on any atom is 0.319 e. The Hall–Kier alpha value is -4.20. The lowest BCUT2D eigenvalue weighted by Crippen LogP contribution is -2.59. The Labute approximate surface area is 279 Å². The number of nitriles is 1. The predicted octanol–water partition coefficient (Wildman–Crippen LogP) is 4.14. The quantitative estimate of drug-likeness (QED) is 0.382. The fourth-order valence-corrected chi connectivity index (χ4v) is 9.46. The summed E-state index contributed by atoms with van der Waals surface area (Å²) >= 11 is 1.48. The van der Waals surface area contributed by atoms with Gasteiger partial charge in [0.05, 0.1) is 23.1 Å². The summed E-state index contributed by atoms with van der Waals surface area (Å²) in [6.07, 6.45) is 7.52. The van der Waals surface area contributed by atoms with Gasteiger partial charge in [0.25, 0.3) is 5.91 Å². The largest absolute Gasteiger partial charge is 0.459 e. The number of amides is 1. The van der Waals surface area contributed by atoms with E-state index in [0.717, 1.165) is 74.2 Å². The van der Waals surface area contributed by atoms with Crippen LogP contribution in [-0.4, -0.2) is 86.7 Å². The van der Waals surface area contributed by atoms with Gasteiger partial charge in [-0.1, -0.05) is 11.1 Å². The molecule has 2 N–H and O–H groups in total. The summed E-state index contributed by atoms with van der Waals surface area (Å²) in [6, 6.07) is 4.93. The Morgan fingerprint density at radius 1 is 1.17 bits per heavy atom. The lowest BCUT2D eigenvalue weighted by molar-refractivity contribution is -0.128. The minimum Gasteiger partial charge on any atom is -0.459 e. The Morgan fingerprint density at radius 3 is 2.77 bits per heavy atom. The zero-order valence-electron chi connectivity index (χ0n) is 27.5. The predicted molar refractivity (Wildman–Crippen MR) is 178 cm³/mol. The molecular formula is C34H41N9O3S. The Morgan fingerprint density at radius 2 is 2.00 bits per heavy atom. The molecule has 4 aliphatic rings. The highest BCUT2D eigenvalue weighted by molar-refractivity contribution is 7.16. The normalized spacial score (nSPS) is 26.2. The molecule has 2 saturated heterocycles. The number of ether oxygens (including phenoxy) is 1. The van der Waals surface area contributed by atoms with Gasteiger partial charge in [-0.3, -0.25) is 9.69 Å². The van der Waals surface area contributed by atoms with Gasteiger partial charge in [-0.15, -0.1) is 11.3 Å². The molecule has 13 heteroatoms. The third-order valence-electron chi connectivity index (χ3n) is 10.6. The Bertz CT molecular complexity index is 1790. The van der Waals surface area contributed by atoms with E-state index in [9.17, 15) is 10.1 Å². The number of carbonyl (C=O) groups is 1. The van der Waals surface area contributed by atoms with Crippen LogP contribution < -0.4 is 15.4 Å². The number of hydrogen-bond acceptors (Lipinski definition) is 12. The number of fused-ring (bicyclic) bond motifs is 2. The lowest BCUT2D eigenvalue weighted by atomic mass is 9.72. The first-order chi connectivity index (χ1) is 22.7. The van der Waals surface area contributed by atoms with Crippen LogP contribution in [0.25, 0.3) is 11.5 Å². The van der Waals surface area contributed by atoms with Crippen LogP contribution in [0.5, 0.6) is 6.01 Å². The van der Waals surface area contributed by atoms with Gasteiger partial charge in [0.2, 0.25) is 11.7 Å². The number of aromatic nitrogens is 4. The Balaban J connectivity index is 1.26. The molecule has 12 nitrogen and oxygen atoms in total. The van der Waals surface area contributed by atoms with Crippen LogP contribution in [0.2, 0.25) is 0 Å². The van der Waals surface area contributed by atoms with Gasteiger partial charge in [-0.25, -0.2) is 0 Å². The monoisotopic (exact) mass is 655 g/mol. The number of likely N-dealkylation sites (N-methyl/N-ethyl adjacent to an activating group) is 1. The number of nitrogen functional groups attached to an aromatic ring is 1. The molecule has 7 rings (SSSR count). The second-order valence-electron chi connectivity index (χ2n) is 13.4. The molecule has 3 fully saturated rings. The number of anilines is 2. The van der Waals surface area contributed by atoms with Gasteiger partial charge in [0.1, 0.15) is 28.7 Å². The molecule has 0 spiro atoms. The number of piperazine rings is 1. The van der Waals surface area contributed by atoms with Crippen LogP contribution in [0.4, 0.5) is 10.8 Å². The van der Waals surface area contributed by atoms with Crippen LogP contribution >= 0.6 is 11.3 Å². The highest BCUT2D eigenvalue weighted by atomic mass is 32.1. The molecule has 47 heavy (non-hydrogen) atoms. The van der Waals surface area contributed by atoms with Crippen molar-refractivity contribution in [1.29, 1.82) is 5.26 Å². The first kappa shape index (κ1) is 31.4. The topological polar surface area (TPSA) is 151 Å². The van der Waals surface area contributed by atoms with Gasteiger partial charge in [0.15, 0.2) is 0 Å². The van der Waals surface area contributed by atoms with Crippen molar-refractivity contribution in [1.82, 2.24) is 29.9 Å². The van der Waals surface area contributed by atoms with Gasteiger partial charge >= 0.3 is 6.01 Å². The zero-order valence-corrected chi connectivity index (χ0v) is 28.3. The van der Waals surface area contributed by atoms with Crippen molar-refractivity contribution in [3.63, 3.8) is 0 Å². The van der Waals surface area contributed by atoms with E-state index in [0.29, 0.717) is 41.1 Å². The number of nitrogens with zero attached hydrogens (tertiary/aromatic N) is 8. The summed E-state index contributed by atoms with van der Waals surface area (Å²) in [6.45, 7) is 8.04. The molecule has 2 unspecified atom stereocenters.